The lowest BCUT2D eigenvalue weighted by Gasteiger charge is -2.51. The largest absolute Gasteiger partial charge is 0.494 e. The molecular formula is C37H37ClF2O6. The minimum Gasteiger partial charge on any atom is -0.494 e. The van der Waals surface area contributed by atoms with Crippen LogP contribution in [0.25, 0.3) is 0 Å². The van der Waals surface area contributed by atoms with Crippen LogP contribution >= 0.6 is 11.6 Å². The van der Waals surface area contributed by atoms with Gasteiger partial charge in [0.1, 0.15) is 11.7 Å². The number of rotatable bonds is 11. The van der Waals surface area contributed by atoms with Crippen LogP contribution in [-0.4, -0.2) is 42.7 Å². The van der Waals surface area contributed by atoms with Crippen LogP contribution in [0.1, 0.15) is 41.7 Å². The normalized spacial score (nSPS) is 26.2. The Morgan fingerprint density at radius 3 is 2.17 bits per heavy atom. The summed E-state index contributed by atoms with van der Waals surface area (Å²) >= 11 is 6.64. The van der Waals surface area contributed by atoms with Gasteiger partial charge in [0.15, 0.2) is 11.6 Å². The molecule has 2 heterocycles. The standard InChI is InChI=1S/C37H37ClF2O6/c1-23-34(43-20-25-10-6-4-7-11-25)35(44-21-26-12-8-5-9-13-26)37(45-22-36(23,46-37)24(2)41)29-15-16-30(38)28(19-29)18-27-14-17-31(42-3)33(40)32(27)39/h4-17,19,23-24,34-35,41H,18,20-22H2,1-3H3/t23-,24?,34-,35+,36-,37-/m0/s1. The number of hydrogen-bond donors (Lipinski definition) is 1. The predicted molar refractivity (Wildman–Crippen MR) is 169 cm³/mol. The molecule has 4 aromatic rings. The van der Waals surface area contributed by atoms with E-state index in [0.717, 1.165) is 11.1 Å². The van der Waals surface area contributed by atoms with Crippen LogP contribution in [0.15, 0.2) is 91.0 Å². The second-order valence-corrected chi connectivity index (χ2v) is 12.4. The molecule has 242 valence electrons. The van der Waals surface area contributed by atoms with Crippen molar-refractivity contribution >= 4 is 11.6 Å². The average molecular weight is 651 g/mol. The van der Waals surface area contributed by atoms with E-state index in [2.05, 4.69) is 0 Å². The number of fused-ring (bicyclic) bond motifs is 2. The molecule has 2 fully saturated rings. The Balaban J connectivity index is 1.42. The van der Waals surface area contributed by atoms with E-state index in [1.807, 2.05) is 67.6 Å². The summed E-state index contributed by atoms with van der Waals surface area (Å²) in [5, 5.41) is 11.5. The number of ether oxygens (including phenoxy) is 5. The number of aliphatic hydroxyl groups is 1. The van der Waals surface area contributed by atoms with Gasteiger partial charge in [0.25, 0.3) is 0 Å². The van der Waals surface area contributed by atoms with Gasteiger partial charge in [-0.1, -0.05) is 91.3 Å². The summed E-state index contributed by atoms with van der Waals surface area (Å²) in [6, 6.07) is 27.7. The van der Waals surface area contributed by atoms with Crippen LogP contribution in [-0.2, 0) is 44.4 Å². The number of methoxy groups -OCH3 is 1. The molecule has 2 aliphatic rings. The van der Waals surface area contributed by atoms with Crippen LogP contribution in [0.4, 0.5) is 8.78 Å². The molecule has 6 nitrogen and oxygen atoms in total. The van der Waals surface area contributed by atoms with E-state index in [1.54, 1.807) is 25.1 Å². The SMILES string of the molecule is COc1ccc(Cc2cc([C@]34OC[C@](C(C)O)(O3)[C@@H](C)[C@H](OCc3ccccc3)[C@H]4OCc3ccccc3)ccc2Cl)c(F)c1F. The van der Waals surface area contributed by atoms with Crippen molar-refractivity contribution < 1.29 is 37.6 Å². The minimum absolute atomic E-state index is 0.00305. The smallest absolute Gasteiger partial charge is 0.225 e. The molecule has 2 aliphatic heterocycles. The van der Waals surface area contributed by atoms with Crippen LogP contribution < -0.4 is 4.74 Å². The monoisotopic (exact) mass is 650 g/mol. The third-order valence-corrected chi connectivity index (χ3v) is 9.60. The lowest BCUT2D eigenvalue weighted by Crippen LogP contribution is -2.65. The van der Waals surface area contributed by atoms with Crippen molar-refractivity contribution in [1.82, 2.24) is 0 Å². The zero-order valence-electron chi connectivity index (χ0n) is 25.9. The number of aliphatic hydroxyl groups excluding tert-OH is 1. The molecule has 0 aromatic heterocycles. The van der Waals surface area contributed by atoms with Crippen molar-refractivity contribution in [2.45, 2.75) is 63.2 Å². The second-order valence-electron chi connectivity index (χ2n) is 12.0. The fourth-order valence-electron chi connectivity index (χ4n) is 6.54. The Hall–Kier alpha value is -3.37. The van der Waals surface area contributed by atoms with Gasteiger partial charge in [0.05, 0.1) is 39.1 Å². The zero-order valence-corrected chi connectivity index (χ0v) is 26.7. The summed E-state index contributed by atoms with van der Waals surface area (Å²) in [4.78, 5) is 0. The summed E-state index contributed by atoms with van der Waals surface area (Å²) in [7, 11) is 1.28. The molecule has 2 saturated heterocycles. The van der Waals surface area contributed by atoms with Gasteiger partial charge < -0.3 is 28.8 Å². The topological polar surface area (TPSA) is 66.4 Å². The van der Waals surface area contributed by atoms with Crippen molar-refractivity contribution in [3.63, 3.8) is 0 Å². The zero-order chi connectivity index (χ0) is 32.5. The van der Waals surface area contributed by atoms with Crippen molar-refractivity contribution in [2.24, 2.45) is 5.92 Å². The maximum absolute atomic E-state index is 15.0. The van der Waals surface area contributed by atoms with Crippen LogP contribution in [0.2, 0.25) is 5.02 Å². The molecule has 0 radical (unpaired) electrons. The van der Waals surface area contributed by atoms with Gasteiger partial charge in [-0.2, -0.15) is 4.39 Å². The van der Waals surface area contributed by atoms with Gasteiger partial charge in [-0.3, -0.25) is 0 Å². The number of benzene rings is 4. The fraction of sp³-hybridized carbons (Fsp3) is 0.351. The molecule has 46 heavy (non-hydrogen) atoms. The van der Waals surface area contributed by atoms with Crippen molar-refractivity contribution in [3.8, 4) is 5.75 Å². The highest BCUT2D eigenvalue weighted by Gasteiger charge is 2.69. The van der Waals surface area contributed by atoms with Gasteiger partial charge in [0.2, 0.25) is 11.6 Å². The molecular weight excluding hydrogens is 614 g/mol. The third-order valence-electron chi connectivity index (χ3n) is 9.23. The van der Waals surface area contributed by atoms with Crippen molar-refractivity contribution in [1.29, 1.82) is 0 Å². The Morgan fingerprint density at radius 1 is 0.891 bits per heavy atom. The van der Waals surface area contributed by atoms with Crippen molar-refractivity contribution in [3.05, 3.63) is 135 Å². The predicted octanol–water partition coefficient (Wildman–Crippen LogP) is 7.36. The molecule has 0 aliphatic carbocycles. The number of halogens is 3. The fourth-order valence-corrected chi connectivity index (χ4v) is 6.72. The summed E-state index contributed by atoms with van der Waals surface area (Å²) in [5.41, 5.74) is 2.02. The van der Waals surface area contributed by atoms with E-state index in [0.29, 0.717) is 22.8 Å². The minimum atomic E-state index is -1.51. The van der Waals surface area contributed by atoms with Gasteiger partial charge in [0, 0.05) is 22.9 Å². The molecule has 0 saturated carbocycles. The number of hydrogen-bond acceptors (Lipinski definition) is 6. The van der Waals surface area contributed by atoms with E-state index in [1.165, 1.54) is 19.2 Å². The summed E-state index contributed by atoms with van der Waals surface area (Å²) in [5.74, 6) is -4.10. The Bertz CT molecular complexity index is 1650. The summed E-state index contributed by atoms with van der Waals surface area (Å²) in [6.07, 6.45) is -2.27. The van der Waals surface area contributed by atoms with Crippen LogP contribution in [0.3, 0.4) is 0 Å². The van der Waals surface area contributed by atoms with Gasteiger partial charge >= 0.3 is 0 Å². The van der Waals surface area contributed by atoms with Crippen LogP contribution in [0, 0.1) is 17.6 Å². The maximum Gasteiger partial charge on any atom is 0.225 e. The van der Waals surface area contributed by atoms with Crippen LogP contribution in [0.5, 0.6) is 5.75 Å². The lowest BCUT2D eigenvalue weighted by atomic mass is 9.75. The van der Waals surface area contributed by atoms with E-state index in [-0.39, 0.29) is 36.9 Å². The van der Waals surface area contributed by atoms with E-state index in [4.69, 9.17) is 35.3 Å². The first kappa shape index (κ1) is 32.6. The molecule has 2 bridgehead atoms. The second kappa shape index (κ2) is 13.4. The molecule has 0 spiro atoms. The van der Waals surface area contributed by atoms with Crippen molar-refractivity contribution in [2.75, 3.05) is 13.7 Å². The quantitative estimate of drug-likeness (QED) is 0.183. The molecule has 4 aromatic carbocycles. The Kier molecular flexibility index (Phi) is 9.48. The summed E-state index contributed by atoms with van der Waals surface area (Å²) in [6.45, 7) is 4.30. The Labute approximate surface area is 272 Å². The highest BCUT2D eigenvalue weighted by molar-refractivity contribution is 6.31. The Morgan fingerprint density at radius 2 is 1.54 bits per heavy atom. The van der Waals surface area contributed by atoms with Gasteiger partial charge in [-0.05, 0) is 47.4 Å². The highest BCUT2D eigenvalue weighted by Crippen LogP contribution is 2.55. The van der Waals surface area contributed by atoms with E-state index < -0.39 is 41.3 Å². The molecule has 6 rings (SSSR count). The molecule has 1 unspecified atom stereocenters. The highest BCUT2D eigenvalue weighted by atomic mass is 35.5. The molecule has 0 amide bonds. The van der Waals surface area contributed by atoms with Gasteiger partial charge in [-0.25, -0.2) is 4.39 Å². The lowest BCUT2D eigenvalue weighted by molar-refractivity contribution is -0.343. The first-order chi connectivity index (χ1) is 22.2. The first-order valence-corrected chi connectivity index (χ1v) is 15.7. The summed E-state index contributed by atoms with van der Waals surface area (Å²) < 4.78 is 61.4. The molecule has 6 atom stereocenters. The van der Waals surface area contributed by atoms with E-state index >= 15 is 4.39 Å². The van der Waals surface area contributed by atoms with Gasteiger partial charge in [-0.15, -0.1) is 0 Å². The first-order valence-electron chi connectivity index (χ1n) is 15.3. The average Bonchev–Trinajstić information content (AvgIpc) is 3.45. The molecule has 9 heteroatoms. The third kappa shape index (κ3) is 5.94. The molecule has 1 N–H and O–H groups in total. The maximum atomic E-state index is 15.0. The van der Waals surface area contributed by atoms with E-state index in [9.17, 15) is 9.50 Å².